The summed E-state index contributed by atoms with van der Waals surface area (Å²) in [6.45, 7) is 4.46. The zero-order valence-electron chi connectivity index (χ0n) is 12.2. The maximum atomic E-state index is 12.7. The maximum Gasteiger partial charge on any atom is 0.242 e. The van der Waals surface area contributed by atoms with E-state index in [0.29, 0.717) is 18.6 Å². The molecule has 1 aromatic carbocycles. The average molecular weight is 308 g/mol. The van der Waals surface area contributed by atoms with Crippen molar-refractivity contribution < 1.29 is 13.2 Å². The Kier molecular flexibility index (Phi) is 4.69. The molecule has 2 atom stereocenters. The van der Waals surface area contributed by atoms with E-state index in [2.05, 4.69) is 16.6 Å². The third-order valence-corrected chi connectivity index (χ3v) is 5.43. The summed E-state index contributed by atoms with van der Waals surface area (Å²) in [6, 6.07) is 6.66. The summed E-state index contributed by atoms with van der Waals surface area (Å²) in [5.41, 5.74) is 5.20. The van der Waals surface area contributed by atoms with Gasteiger partial charge in [0.1, 0.15) is 0 Å². The van der Waals surface area contributed by atoms with Gasteiger partial charge in [-0.15, -0.1) is 0 Å². The predicted molar refractivity (Wildman–Crippen MR) is 81.1 cm³/mol. The molecule has 0 saturated carbocycles. The fourth-order valence-electron chi connectivity index (χ4n) is 2.28. The van der Waals surface area contributed by atoms with Gasteiger partial charge in [0, 0.05) is 12.2 Å². The van der Waals surface area contributed by atoms with Crippen LogP contribution in [0.3, 0.4) is 0 Å². The van der Waals surface area contributed by atoms with Crippen LogP contribution < -0.4 is 10.5 Å². The van der Waals surface area contributed by atoms with Gasteiger partial charge in [0.25, 0.3) is 0 Å². The molecule has 0 aliphatic carbocycles. The van der Waals surface area contributed by atoms with Crippen LogP contribution in [0.2, 0.25) is 0 Å². The summed E-state index contributed by atoms with van der Waals surface area (Å²) >= 11 is 0. The zero-order chi connectivity index (χ0) is 15.5. The molecular weight excluding hydrogens is 288 g/mol. The lowest BCUT2D eigenvalue weighted by atomic mass is 9.97. The summed E-state index contributed by atoms with van der Waals surface area (Å²) in [5.74, 6) is 5.49. The van der Waals surface area contributed by atoms with Crippen LogP contribution in [0.4, 0.5) is 0 Å². The minimum atomic E-state index is -3.67. The number of ether oxygens (including phenoxy) is 1. The van der Waals surface area contributed by atoms with E-state index in [9.17, 15) is 8.42 Å². The standard InChI is InChI=1S/C15H20N2O3S/c1-12-15(2,9-11-20-12)17-21(18,19)14-8-4-3-6-13(14)7-5-10-16/h3-4,6,8,12,17H,9-11,16H2,1-2H3. The van der Waals surface area contributed by atoms with Gasteiger partial charge in [0.2, 0.25) is 10.0 Å². The molecule has 1 heterocycles. The Hall–Kier alpha value is -1.39. The molecule has 0 amide bonds. The van der Waals surface area contributed by atoms with E-state index >= 15 is 0 Å². The summed E-state index contributed by atoms with van der Waals surface area (Å²) in [5, 5.41) is 0. The van der Waals surface area contributed by atoms with E-state index in [4.69, 9.17) is 10.5 Å². The highest BCUT2D eigenvalue weighted by molar-refractivity contribution is 7.89. The van der Waals surface area contributed by atoms with E-state index in [-0.39, 0.29) is 17.5 Å². The van der Waals surface area contributed by atoms with Crippen LogP contribution in [0.5, 0.6) is 0 Å². The van der Waals surface area contributed by atoms with Crippen molar-refractivity contribution in [2.45, 2.75) is 36.8 Å². The van der Waals surface area contributed by atoms with Crippen molar-refractivity contribution >= 4 is 10.0 Å². The van der Waals surface area contributed by atoms with Gasteiger partial charge in [0.05, 0.1) is 23.1 Å². The van der Waals surface area contributed by atoms with Gasteiger partial charge in [-0.25, -0.2) is 13.1 Å². The average Bonchev–Trinajstić information content (AvgIpc) is 2.75. The molecule has 0 radical (unpaired) electrons. The zero-order valence-corrected chi connectivity index (χ0v) is 13.0. The van der Waals surface area contributed by atoms with Crippen molar-refractivity contribution in [3.63, 3.8) is 0 Å². The van der Waals surface area contributed by atoms with Gasteiger partial charge < -0.3 is 10.5 Å². The van der Waals surface area contributed by atoms with E-state index in [1.54, 1.807) is 24.3 Å². The van der Waals surface area contributed by atoms with Crippen LogP contribution in [0.15, 0.2) is 29.2 Å². The lowest BCUT2D eigenvalue weighted by Crippen LogP contribution is -2.50. The normalized spacial score (nSPS) is 25.4. The first-order valence-electron chi connectivity index (χ1n) is 6.82. The highest BCUT2D eigenvalue weighted by atomic mass is 32.2. The monoisotopic (exact) mass is 308 g/mol. The SMILES string of the molecule is CC1OCCC1(C)NS(=O)(=O)c1ccccc1C#CCN. The third-order valence-electron chi connectivity index (χ3n) is 3.76. The van der Waals surface area contributed by atoms with Crippen LogP contribution in [-0.2, 0) is 14.8 Å². The Morgan fingerprint density at radius 1 is 1.48 bits per heavy atom. The molecule has 1 aromatic rings. The van der Waals surface area contributed by atoms with Crippen LogP contribution in [0.1, 0.15) is 25.8 Å². The smallest absolute Gasteiger partial charge is 0.242 e. The first kappa shape index (κ1) is 16.0. The van der Waals surface area contributed by atoms with E-state index < -0.39 is 15.6 Å². The topological polar surface area (TPSA) is 81.4 Å². The van der Waals surface area contributed by atoms with Crippen molar-refractivity contribution in [3.8, 4) is 11.8 Å². The number of rotatable bonds is 3. The molecule has 0 spiro atoms. The molecule has 1 saturated heterocycles. The molecule has 21 heavy (non-hydrogen) atoms. The molecule has 6 heteroatoms. The van der Waals surface area contributed by atoms with E-state index in [1.165, 1.54) is 0 Å². The summed E-state index contributed by atoms with van der Waals surface area (Å²) in [6.07, 6.45) is 0.471. The number of hydrogen-bond acceptors (Lipinski definition) is 4. The minimum absolute atomic E-state index is 0.172. The van der Waals surface area contributed by atoms with E-state index in [1.807, 2.05) is 13.8 Å². The fraction of sp³-hybridized carbons (Fsp3) is 0.467. The van der Waals surface area contributed by atoms with Gasteiger partial charge in [-0.05, 0) is 32.4 Å². The van der Waals surface area contributed by atoms with Gasteiger partial charge >= 0.3 is 0 Å². The highest BCUT2D eigenvalue weighted by Crippen LogP contribution is 2.28. The Morgan fingerprint density at radius 3 is 2.81 bits per heavy atom. The molecule has 1 aliphatic rings. The second-order valence-corrected chi connectivity index (χ2v) is 6.94. The molecule has 1 aliphatic heterocycles. The predicted octanol–water partition coefficient (Wildman–Crippen LogP) is 0.843. The van der Waals surface area contributed by atoms with Crippen molar-refractivity contribution in [2.75, 3.05) is 13.2 Å². The number of nitrogens with one attached hydrogen (secondary N) is 1. The Labute approximate surface area is 125 Å². The lowest BCUT2D eigenvalue weighted by molar-refractivity contribution is 0.0957. The number of hydrogen-bond donors (Lipinski definition) is 2. The first-order valence-corrected chi connectivity index (χ1v) is 8.31. The fourth-order valence-corrected chi connectivity index (χ4v) is 3.94. The molecule has 2 rings (SSSR count). The third kappa shape index (κ3) is 3.44. The molecule has 5 nitrogen and oxygen atoms in total. The van der Waals surface area contributed by atoms with Crippen LogP contribution in [0.25, 0.3) is 0 Å². The summed E-state index contributed by atoms with van der Waals surface area (Å²) in [4.78, 5) is 0.172. The molecule has 2 unspecified atom stereocenters. The molecular formula is C15H20N2O3S. The number of sulfonamides is 1. The van der Waals surface area contributed by atoms with Gasteiger partial charge in [0.15, 0.2) is 0 Å². The molecule has 0 aromatic heterocycles. The minimum Gasteiger partial charge on any atom is -0.376 e. The highest BCUT2D eigenvalue weighted by Gasteiger charge is 2.40. The van der Waals surface area contributed by atoms with Crippen molar-refractivity contribution in [1.82, 2.24) is 4.72 Å². The molecule has 3 N–H and O–H groups in total. The second kappa shape index (κ2) is 6.16. The van der Waals surface area contributed by atoms with Crippen molar-refractivity contribution in [3.05, 3.63) is 29.8 Å². The van der Waals surface area contributed by atoms with Gasteiger partial charge in [-0.2, -0.15) is 0 Å². The Balaban J connectivity index is 2.36. The van der Waals surface area contributed by atoms with Crippen LogP contribution >= 0.6 is 0 Å². The largest absolute Gasteiger partial charge is 0.376 e. The Morgan fingerprint density at radius 2 is 2.19 bits per heavy atom. The number of nitrogens with two attached hydrogens (primary N) is 1. The van der Waals surface area contributed by atoms with Crippen LogP contribution in [0, 0.1) is 11.8 Å². The Bertz CT molecular complexity index is 676. The number of benzene rings is 1. The van der Waals surface area contributed by atoms with Crippen LogP contribution in [-0.4, -0.2) is 33.2 Å². The van der Waals surface area contributed by atoms with Crippen molar-refractivity contribution in [1.29, 1.82) is 0 Å². The quantitative estimate of drug-likeness (QED) is 0.811. The summed E-state index contributed by atoms with van der Waals surface area (Å²) in [7, 11) is -3.67. The summed E-state index contributed by atoms with van der Waals surface area (Å²) < 4.78 is 33.6. The van der Waals surface area contributed by atoms with Gasteiger partial charge in [-0.3, -0.25) is 0 Å². The lowest BCUT2D eigenvalue weighted by Gasteiger charge is -2.28. The molecule has 1 fully saturated rings. The first-order chi connectivity index (χ1) is 9.89. The molecule has 0 bridgehead atoms. The van der Waals surface area contributed by atoms with Crippen molar-refractivity contribution in [2.24, 2.45) is 5.73 Å². The van der Waals surface area contributed by atoms with E-state index in [0.717, 1.165) is 0 Å². The maximum absolute atomic E-state index is 12.7. The van der Waals surface area contributed by atoms with Gasteiger partial charge in [-0.1, -0.05) is 24.0 Å². The second-order valence-electron chi connectivity index (χ2n) is 5.29. The molecule has 114 valence electrons.